The molecule has 2 saturated carbocycles. The van der Waals surface area contributed by atoms with E-state index in [0.29, 0.717) is 18.8 Å². The molecule has 0 atom stereocenters. The monoisotopic (exact) mass is 219 g/mol. The highest BCUT2D eigenvalue weighted by Crippen LogP contribution is 2.47. The van der Waals surface area contributed by atoms with Crippen LogP contribution >= 0.6 is 0 Å². The van der Waals surface area contributed by atoms with E-state index < -0.39 is 11.5 Å². The van der Waals surface area contributed by atoms with Crippen molar-refractivity contribution in [3.8, 4) is 0 Å². The summed E-state index contributed by atoms with van der Waals surface area (Å²) in [7, 11) is 0. The normalized spacial score (nSPS) is 21.8. The minimum Gasteiger partial charge on any atom is -0.479 e. The van der Waals surface area contributed by atoms with Crippen LogP contribution in [0.3, 0.4) is 0 Å². The SMILES string of the molecule is O=C(O)C1(n2c(C3CC3)cccc2=O)CC1. The summed E-state index contributed by atoms with van der Waals surface area (Å²) in [5, 5.41) is 9.25. The standard InChI is InChI=1S/C12H13NO3/c14-10-3-1-2-9(8-4-5-8)13(10)12(6-7-12)11(15)16/h1-3,8H,4-7H2,(H,15,16). The number of rotatable bonds is 3. The molecule has 0 aliphatic heterocycles. The summed E-state index contributed by atoms with van der Waals surface area (Å²) in [6.07, 6.45) is 3.29. The molecule has 0 saturated heterocycles. The van der Waals surface area contributed by atoms with Crippen molar-refractivity contribution in [2.24, 2.45) is 0 Å². The van der Waals surface area contributed by atoms with Crippen LogP contribution in [-0.2, 0) is 10.3 Å². The van der Waals surface area contributed by atoms with Crippen molar-refractivity contribution in [3.05, 3.63) is 34.2 Å². The van der Waals surface area contributed by atoms with Gasteiger partial charge in [-0.15, -0.1) is 0 Å². The van der Waals surface area contributed by atoms with E-state index in [0.717, 1.165) is 18.5 Å². The van der Waals surface area contributed by atoms with Crippen LogP contribution in [0, 0.1) is 0 Å². The van der Waals surface area contributed by atoms with Crippen LogP contribution in [0.1, 0.15) is 37.3 Å². The van der Waals surface area contributed by atoms with Crippen LogP contribution in [0.5, 0.6) is 0 Å². The van der Waals surface area contributed by atoms with E-state index in [-0.39, 0.29) is 5.56 Å². The largest absolute Gasteiger partial charge is 0.479 e. The highest BCUT2D eigenvalue weighted by Gasteiger charge is 2.54. The second-order valence-corrected chi connectivity index (χ2v) is 4.74. The van der Waals surface area contributed by atoms with Gasteiger partial charge in [-0.25, -0.2) is 4.79 Å². The highest BCUT2D eigenvalue weighted by atomic mass is 16.4. The average molecular weight is 219 g/mol. The predicted molar refractivity (Wildman–Crippen MR) is 57.5 cm³/mol. The van der Waals surface area contributed by atoms with Crippen LogP contribution < -0.4 is 5.56 Å². The number of hydrogen-bond donors (Lipinski definition) is 1. The van der Waals surface area contributed by atoms with Gasteiger partial charge in [-0.3, -0.25) is 9.36 Å². The second-order valence-electron chi connectivity index (χ2n) is 4.74. The van der Waals surface area contributed by atoms with E-state index in [9.17, 15) is 14.7 Å². The Bertz CT molecular complexity index is 509. The molecule has 2 aliphatic rings. The van der Waals surface area contributed by atoms with E-state index in [1.165, 1.54) is 10.6 Å². The summed E-state index contributed by atoms with van der Waals surface area (Å²) in [5.74, 6) is -0.478. The quantitative estimate of drug-likeness (QED) is 0.833. The maximum atomic E-state index is 11.9. The lowest BCUT2D eigenvalue weighted by molar-refractivity contribution is -0.142. The van der Waals surface area contributed by atoms with Gasteiger partial charge in [0.1, 0.15) is 5.54 Å². The molecule has 0 spiro atoms. The molecule has 3 rings (SSSR count). The lowest BCUT2D eigenvalue weighted by Crippen LogP contribution is -2.37. The number of aliphatic carboxylic acids is 1. The van der Waals surface area contributed by atoms with Crippen LogP contribution in [0.15, 0.2) is 23.0 Å². The number of aromatic nitrogens is 1. The third kappa shape index (κ3) is 1.22. The number of hydrogen-bond acceptors (Lipinski definition) is 2. The summed E-state index contributed by atoms with van der Waals surface area (Å²) in [5.41, 5.74) is -0.201. The van der Waals surface area contributed by atoms with Gasteiger partial charge in [-0.1, -0.05) is 6.07 Å². The lowest BCUT2D eigenvalue weighted by atomic mass is 10.1. The number of carboxylic acids is 1. The molecule has 1 aromatic rings. The Labute approximate surface area is 92.5 Å². The van der Waals surface area contributed by atoms with Crippen molar-refractivity contribution in [1.82, 2.24) is 4.57 Å². The molecule has 0 amide bonds. The fourth-order valence-electron chi connectivity index (χ4n) is 2.31. The maximum absolute atomic E-state index is 11.9. The third-order valence-electron chi connectivity index (χ3n) is 3.53. The Balaban J connectivity index is 2.19. The molecule has 16 heavy (non-hydrogen) atoms. The van der Waals surface area contributed by atoms with E-state index in [2.05, 4.69) is 0 Å². The molecule has 0 unspecified atom stereocenters. The molecule has 2 aliphatic carbocycles. The van der Waals surface area contributed by atoms with E-state index in [1.54, 1.807) is 6.07 Å². The smallest absolute Gasteiger partial charge is 0.330 e. The van der Waals surface area contributed by atoms with Gasteiger partial charge < -0.3 is 5.11 Å². The molecule has 0 radical (unpaired) electrons. The lowest BCUT2D eigenvalue weighted by Gasteiger charge is -2.18. The third-order valence-corrected chi connectivity index (χ3v) is 3.53. The Morgan fingerprint density at radius 3 is 2.56 bits per heavy atom. The number of carboxylic acid groups (broad SMARTS) is 1. The Morgan fingerprint density at radius 1 is 1.38 bits per heavy atom. The van der Waals surface area contributed by atoms with Gasteiger partial charge in [0.25, 0.3) is 5.56 Å². The topological polar surface area (TPSA) is 59.3 Å². The first kappa shape index (κ1) is 9.63. The molecule has 4 heteroatoms. The maximum Gasteiger partial charge on any atom is 0.330 e. The van der Waals surface area contributed by atoms with Crippen LogP contribution in [0.2, 0.25) is 0 Å². The van der Waals surface area contributed by atoms with Crippen LogP contribution in [0.4, 0.5) is 0 Å². The minimum absolute atomic E-state index is 0.177. The summed E-state index contributed by atoms with van der Waals surface area (Å²) in [4.78, 5) is 23.1. The van der Waals surface area contributed by atoms with Gasteiger partial charge >= 0.3 is 5.97 Å². The van der Waals surface area contributed by atoms with Crippen molar-refractivity contribution in [3.63, 3.8) is 0 Å². The fourth-order valence-corrected chi connectivity index (χ4v) is 2.31. The van der Waals surface area contributed by atoms with E-state index >= 15 is 0 Å². The van der Waals surface area contributed by atoms with Gasteiger partial charge in [0.15, 0.2) is 0 Å². The first-order valence-corrected chi connectivity index (χ1v) is 5.61. The van der Waals surface area contributed by atoms with Gasteiger partial charge in [0.2, 0.25) is 0 Å². The highest BCUT2D eigenvalue weighted by molar-refractivity contribution is 5.80. The van der Waals surface area contributed by atoms with Crippen LogP contribution in [-0.4, -0.2) is 15.6 Å². The van der Waals surface area contributed by atoms with Crippen molar-refractivity contribution >= 4 is 5.97 Å². The molecule has 84 valence electrons. The summed E-state index contributed by atoms with van der Waals surface area (Å²) >= 11 is 0. The zero-order chi connectivity index (χ0) is 11.3. The second kappa shape index (κ2) is 2.97. The number of carbonyl (C=O) groups is 1. The Hall–Kier alpha value is -1.58. The van der Waals surface area contributed by atoms with Gasteiger partial charge in [0.05, 0.1) is 0 Å². The van der Waals surface area contributed by atoms with Crippen molar-refractivity contribution in [1.29, 1.82) is 0 Å². The fraction of sp³-hybridized carbons (Fsp3) is 0.500. The minimum atomic E-state index is -0.934. The van der Waals surface area contributed by atoms with Gasteiger partial charge in [0, 0.05) is 11.8 Å². The molecule has 1 aromatic heterocycles. The molecular weight excluding hydrogens is 206 g/mol. The summed E-state index contributed by atoms with van der Waals surface area (Å²) in [6, 6.07) is 5.07. The first-order chi connectivity index (χ1) is 7.65. The Morgan fingerprint density at radius 2 is 2.06 bits per heavy atom. The molecule has 0 bridgehead atoms. The van der Waals surface area contributed by atoms with E-state index in [1.807, 2.05) is 6.07 Å². The molecule has 0 aromatic carbocycles. The zero-order valence-corrected chi connectivity index (χ0v) is 8.85. The van der Waals surface area contributed by atoms with Crippen LogP contribution in [0.25, 0.3) is 0 Å². The average Bonchev–Trinajstić information content (AvgIpc) is 3.12. The Kier molecular flexibility index (Phi) is 1.79. The molecular formula is C12H13NO3. The van der Waals surface area contributed by atoms with Gasteiger partial charge in [-0.2, -0.15) is 0 Å². The predicted octanol–water partition coefficient (Wildman–Crippen LogP) is 1.30. The van der Waals surface area contributed by atoms with Crippen molar-refractivity contribution in [2.75, 3.05) is 0 Å². The van der Waals surface area contributed by atoms with E-state index in [4.69, 9.17) is 0 Å². The van der Waals surface area contributed by atoms with Crippen molar-refractivity contribution < 1.29 is 9.90 Å². The summed E-state index contributed by atoms with van der Waals surface area (Å²) in [6.45, 7) is 0. The zero-order valence-electron chi connectivity index (χ0n) is 8.85. The summed E-state index contributed by atoms with van der Waals surface area (Å²) < 4.78 is 1.52. The van der Waals surface area contributed by atoms with Crippen molar-refractivity contribution in [2.45, 2.75) is 37.1 Å². The first-order valence-electron chi connectivity index (χ1n) is 5.61. The molecule has 1 N–H and O–H groups in total. The molecule has 1 heterocycles. The van der Waals surface area contributed by atoms with Gasteiger partial charge in [-0.05, 0) is 37.7 Å². The molecule has 4 nitrogen and oxygen atoms in total. The number of nitrogens with zero attached hydrogens (tertiary/aromatic N) is 1. The molecule has 2 fully saturated rings. The number of pyridine rings is 1.